The standard InChI is InChI=1S/C34H37N5O2/c1-21-4-2-15-39(21)27-10-7-22-5-6-24(16-23(22)8-11-27)26-17-29-31(37-38-32(29)35-19-26)25-9-12-28-30(18-25)41-20-34(13-3-14-34)36-33(28)40/h5-6,9,12,16-19,21,27H,2-4,7-8,10-11,13-15,20H2,1H3,(H,36,40)(H,35,37,38)/t21-,27?/m1/s1. The number of nitrogens with one attached hydrogen (secondary N) is 2. The van der Waals surface area contributed by atoms with Gasteiger partial charge in [0.1, 0.15) is 18.1 Å². The van der Waals surface area contributed by atoms with E-state index in [9.17, 15) is 4.79 Å². The van der Waals surface area contributed by atoms with Crippen molar-refractivity contribution in [1.82, 2.24) is 25.4 Å². The van der Waals surface area contributed by atoms with E-state index in [1.165, 1.54) is 48.9 Å². The molecule has 1 unspecified atom stereocenters. The van der Waals surface area contributed by atoms with Gasteiger partial charge in [-0.1, -0.05) is 24.3 Å². The lowest BCUT2D eigenvalue weighted by Crippen LogP contribution is -2.56. The number of aryl methyl sites for hydroxylation is 2. The minimum absolute atomic E-state index is 0.0518. The van der Waals surface area contributed by atoms with Crippen molar-refractivity contribution >= 4 is 16.9 Å². The van der Waals surface area contributed by atoms with Crippen molar-refractivity contribution in [3.05, 3.63) is 65.4 Å². The predicted molar refractivity (Wildman–Crippen MR) is 160 cm³/mol. The highest BCUT2D eigenvalue weighted by Crippen LogP contribution is 2.38. The van der Waals surface area contributed by atoms with E-state index in [0.717, 1.165) is 66.0 Å². The smallest absolute Gasteiger partial charge is 0.255 e. The molecule has 2 aromatic carbocycles. The number of carbonyl (C=O) groups excluding carboxylic acids is 1. The number of pyridine rings is 1. The van der Waals surface area contributed by atoms with Crippen LogP contribution in [0.2, 0.25) is 0 Å². The molecule has 2 atom stereocenters. The second-order valence-electron chi connectivity index (χ2n) is 12.7. The monoisotopic (exact) mass is 547 g/mol. The molecule has 2 fully saturated rings. The van der Waals surface area contributed by atoms with Crippen LogP contribution < -0.4 is 10.1 Å². The Bertz CT molecular complexity index is 1650. The van der Waals surface area contributed by atoms with Crippen LogP contribution in [0.1, 0.15) is 73.4 Å². The van der Waals surface area contributed by atoms with Gasteiger partial charge in [0.15, 0.2) is 5.65 Å². The van der Waals surface area contributed by atoms with Crippen molar-refractivity contribution < 1.29 is 9.53 Å². The number of carbonyl (C=O) groups is 1. The van der Waals surface area contributed by atoms with Gasteiger partial charge >= 0.3 is 0 Å². The second kappa shape index (κ2) is 9.69. The maximum atomic E-state index is 12.9. The summed E-state index contributed by atoms with van der Waals surface area (Å²) in [7, 11) is 0. The van der Waals surface area contributed by atoms with Crippen LogP contribution in [0.3, 0.4) is 0 Å². The van der Waals surface area contributed by atoms with E-state index >= 15 is 0 Å². The van der Waals surface area contributed by atoms with Crippen molar-refractivity contribution in [2.75, 3.05) is 13.2 Å². The van der Waals surface area contributed by atoms with Crippen LogP contribution in [0.4, 0.5) is 0 Å². The van der Waals surface area contributed by atoms with Gasteiger partial charge in [-0.2, -0.15) is 5.10 Å². The van der Waals surface area contributed by atoms with Gasteiger partial charge in [0.05, 0.1) is 11.1 Å². The molecule has 8 rings (SSSR count). The van der Waals surface area contributed by atoms with E-state index in [1.54, 1.807) is 0 Å². The molecule has 1 saturated carbocycles. The molecule has 41 heavy (non-hydrogen) atoms. The largest absolute Gasteiger partial charge is 0.490 e. The van der Waals surface area contributed by atoms with E-state index in [1.807, 2.05) is 24.4 Å². The summed E-state index contributed by atoms with van der Waals surface area (Å²) in [6.45, 7) is 4.17. The Kier molecular flexibility index (Phi) is 5.92. The lowest BCUT2D eigenvalue weighted by Gasteiger charge is -2.40. The number of aromatic nitrogens is 3. The fourth-order valence-electron chi connectivity index (χ4n) is 7.59. The first-order valence-corrected chi connectivity index (χ1v) is 15.4. The van der Waals surface area contributed by atoms with Crippen molar-refractivity contribution in [2.24, 2.45) is 0 Å². The van der Waals surface area contributed by atoms with Gasteiger partial charge in [0.25, 0.3) is 5.91 Å². The molecule has 0 bridgehead atoms. The van der Waals surface area contributed by atoms with E-state index in [0.29, 0.717) is 24.0 Å². The fraction of sp³-hybridized carbons (Fsp3) is 0.441. The molecule has 7 heteroatoms. The van der Waals surface area contributed by atoms with Crippen LogP contribution in [0.25, 0.3) is 33.4 Å². The molecule has 1 spiro atoms. The third-order valence-corrected chi connectivity index (χ3v) is 10.2. The Balaban J connectivity index is 1.08. The molecular formula is C34H37N5O2. The van der Waals surface area contributed by atoms with Crippen LogP contribution in [0.15, 0.2) is 48.7 Å². The first-order chi connectivity index (χ1) is 20.1. The van der Waals surface area contributed by atoms with E-state index in [4.69, 9.17) is 9.72 Å². The topological polar surface area (TPSA) is 83.1 Å². The molecular weight excluding hydrogens is 510 g/mol. The van der Waals surface area contributed by atoms with Gasteiger partial charge in [-0.05, 0) is 106 Å². The third kappa shape index (κ3) is 4.33. The maximum absolute atomic E-state index is 12.9. The molecule has 2 N–H and O–H groups in total. The summed E-state index contributed by atoms with van der Waals surface area (Å²) in [6.07, 6.45) is 12.5. The van der Waals surface area contributed by atoms with Gasteiger partial charge < -0.3 is 10.1 Å². The van der Waals surface area contributed by atoms with Crippen LogP contribution in [-0.4, -0.2) is 56.8 Å². The summed E-state index contributed by atoms with van der Waals surface area (Å²) in [6, 6.07) is 16.4. The summed E-state index contributed by atoms with van der Waals surface area (Å²) in [4.78, 5) is 20.4. The zero-order valence-electron chi connectivity index (χ0n) is 23.7. The number of aromatic amines is 1. The first-order valence-electron chi connectivity index (χ1n) is 15.4. The normalized spacial score (nSPS) is 23.7. The van der Waals surface area contributed by atoms with Crippen molar-refractivity contribution in [3.8, 4) is 28.1 Å². The summed E-state index contributed by atoms with van der Waals surface area (Å²) in [5, 5.41) is 11.9. The van der Waals surface area contributed by atoms with Crippen LogP contribution in [0, 0.1) is 0 Å². The fourth-order valence-corrected chi connectivity index (χ4v) is 7.59. The number of benzene rings is 2. The van der Waals surface area contributed by atoms with Crippen LogP contribution >= 0.6 is 0 Å². The zero-order valence-corrected chi connectivity index (χ0v) is 23.7. The SMILES string of the molecule is C[C@@H]1CCCN1C1CCc2ccc(-c3cnc4[nH]nc(-c5ccc6c(c5)OCC5(CCC5)NC6=O)c4c3)cc2CC1. The minimum atomic E-state index is -0.213. The van der Waals surface area contributed by atoms with E-state index < -0.39 is 0 Å². The number of amides is 1. The first kappa shape index (κ1) is 25.0. The van der Waals surface area contributed by atoms with E-state index in [2.05, 4.69) is 51.6 Å². The molecule has 1 saturated heterocycles. The molecule has 1 amide bonds. The molecule has 4 aliphatic rings. The number of H-pyrrole nitrogens is 1. The Labute approximate surface area is 240 Å². The Morgan fingerprint density at radius 2 is 1.80 bits per heavy atom. The molecule has 2 aliphatic carbocycles. The van der Waals surface area contributed by atoms with Crippen molar-refractivity contribution in [3.63, 3.8) is 0 Å². The van der Waals surface area contributed by atoms with Gasteiger partial charge in [-0.25, -0.2) is 4.98 Å². The molecule has 7 nitrogen and oxygen atoms in total. The number of hydrogen-bond acceptors (Lipinski definition) is 5. The number of fused-ring (bicyclic) bond motifs is 3. The summed E-state index contributed by atoms with van der Waals surface area (Å²) >= 11 is 0. The van der Waals surface area contributed by atoms with Crippen LogP contribution in [-0.2, 0) is 12.8 Å². The maximum Gasteiger partial charge on any atom is 0.255 e. The molecule has 210 valence electrons. The predicted octanol–water partition coefficient (Wildman–Crippen LogP) is 6.07. The van der Waals surface area contributed by atoms with E-state index in [-0.39, 0.29) is 11.4 Å². The van der Waals surface area contributed by atoms with Gasteiger partial charge in [-0.3, -0.25) is 14.8 Å². The average molecular weight is 548 g/mol. The molecule has 2 aromatic heterocycles. The summed E-state index contributed by atoms with van der Waals surface area (Å²) < 4.78 is 6.19. The Hall–Kier alpha value is -3.71. The number of likely N-dealkylation sites (tertiary alicyclic amines) is 1. The van der Waals surface area contributed by atoms with Crippen molar-refractivity contribution in [1.29, 1.82) is 0 Å². The van der Waals surface area contributed by atoms with Gasteiger partial charge in [0.2, 0.25) is 0 Å². The van der Waals surface area contributed by atoms with Gasteiger partial charge in [0, 0.05) is 34.8 Å². The summed E-state index contributed by atoms with van der Waals surface area (Å²) in [5.41, 5.74) is 8.13. The van der Waals surface area contributed by atoms with Crippen molar-refractivity contribution in [2.45, 2.75) is 82.3 Å². The Morgan fingerprint density at radius 1 is 0.951 bits per heavy atom. The highest BCUT2D eigenvalue weighted by molar-refractivity contribution is 6.00. The quantitative estimate of drug-likeness (QED) is 0.304. The number of rotatable bonds is 3. The lowest BCUT2D eigenvalue weighted by atomic mass is 9.77. The average Bonchev–Trinajstić information content (AvgIpc) is 3.49. The zero-order chi connectivity index (χ0) is 27.6. The Morgan fingerprint density at radius 3 is 2.61 bits per heavy atom. The second-order valence-corrected chi connectivity index (χ2v) is 12.7. The van der Waals surface area contributed by atoms with Crippen LogP contribution in [0.5, 0.6) is 5.75 Å². The lowest BCUT2D eigenvalue weighted by molar-refractivity contribution is 0.0754. The minimum Gasteiger partial charge on any atom is -0.490 e. The molecule has 4 aromatic rings. The third-order valence-electron chi connectivity index (χ3n) is 10.2. The number of ether oxygens (including phenoxy) is 1. The highest BCUT2D eigenvalue weighted by Gasteiger charge is 2.42. The number of nitrogens with zero attached hydrogens (tertiary/aromatic N) is 3. The molecule has 2 aliphatic heterocycles. The number of hydrogen-bond donors (Lipinski definition) is 2. The molecule has 0 radical (unpaired) electrons. The summed E-state index contributed by atoms with van der Waals surface area (Å²) in [5.74, 6) is 0.570. The molecule has 4 heterocycles. The van der Waals surface area contributed by atoms with Gasteiger partial charge in [-0.15, -0.1) is 0 Å². The highest BCUT2D eigenvalue weighted by atomic mass is 16.5.